The maximum absolute atomic E-state index is 13.5. The molecule has 7 heteroatoms. The van der Waals surface area contributed by atoms with Crippen molar-refractivity contribution >= 4 is 11.6 Å². The van der Waals surface area contributed by atoms with Crippen LogP contribution < -0.4 is 11.1 Å². The third kappa shape index (κ3) is 3.05. The fourth-order valence-corrected chi connectivity index (χ4v) is 1.52. The number of benzene rings is 1. The summed E-state index contributed by atoms with van der Waals surface area (Å²) < 4.78 is 26.5. The Morgan fingerprint density at radius 2 is 2.00 bits per heavy atom. The molecular weight excluding hydrogens is 266 g/mol. The quantitative estimate of drug-likeness (QED) is 0.835. The van der Waals surface area contributed by atoms with Crippen LogP contribution in [0.1, 0.15) is 21.7 Å². The molecule has 0 aliphatic heterocycles. The van der Waals surface area contributed by atoms with Crippen LogP contribution in [-0.2, 0) is 6.54 Å². The lowest BCUT2D eigenvalue weighted by atomic mass is 10.1. The third-order valence-electron chi connectivity index (χ3n) is 2.60. The fourth-order valence-electron chi connectivity index (χ4n) is 1.52. The predicted octanol–water partition coefficient (Wildman–Crippen LogP) is 1.58. The van der Waals surface area contributed by atoms with Crippen LogP contribution in [0, 0.1) is 18.6 Å². The van der Waals surface area contributed by atoms with Crippen LogP contribution in [0.5, 0.6) is 0 Å². The van der Waals surface area contributed by atoms with E-state index in [9.17, 15) is 13.6 Å². The second-order valence-electron chi connectivity index (χ2n) is 4.19. The number of amides is 1. The molecule has 1 heterocycles. The lowest BCUT2D eigenvalue weighted by Crippen LogP contribution is -2.24. The molecule has 104 valence electrons. The van der Waals surface area contributed by atoms with Crippen LogP contribution in [0.25, 0.3) is 0 Å². The van der Waals surface area contributed by atoms with E-state index < -0.39 is 17.5 Å². The molecule has 0 spiro atoms. The van der Waals surface area contributed by atoms with E-state index in [1.807, 2.05) is 0 Å². The van der Waals surface area contributed by atoms with Crippen molar-refractivity contribution in [1.82, 2.24) is 15.3 Å². The zero-order chi connectivity index (χ0) is 14.7. The Kier molecular flexibility index (Phi) is 3.88. The van der Waals surface area contributed by atoms with Crippen LogP contribution in [0.2, 0.25) is 0 Å². The van der Waals surface area contributed by atoms with Crippen molar-refractivity contribution in [3.05, 3.63) is 53.1 Å². The number of anilines is 1. The Hall–Kier alpha value is -2.57. The zero-order valence-electron chi connectivity index (χ0n) is 10.7. The monoisotopic (exact) mass is 278 g/mol. The second kappa shape index (κ2) is 5.60. The number of nitrogen functional groups attached to an aromatic ring is 1. The topological polar surface area (TPSA) is 80.9 Å². The average Bonchev–Trinajstić information content (AvgIpc) is 2.42. The van der Waals surface area contributed by atoms with Gasteiger partial charge in [0.25, 0.3) is 5.91 Å². The lowest BCUT2D eigenvalue weighted by Gasteiger charge is -2.07. The van der Waals surface area contributed by atoms with Crippen molar-refractivity contribution < 1.29 is 13.6 Å². The Morgan fingerprint density at radius 1 is 1.25 bits per heavy atom. The van der Waals surface area contributed by atoms with Crippen LogP contribution in [0.4, 0.5) is 14.5 Å². The van der Waals surface area contributed by atoms with E-state index in [4.69, 9.17) is 5.73 Å². The van der Waals surface area contributed by atoms with Crippen molar-refractivity contribution in [2.75, 3.05) is 5.73 Å². The van der Waals surface area contributed by atoms with Crippen molar-refractivity contribution in [2.45, 2.75) is 13.5 Å². The normalized spacial score (nSPS) is 10.3. The summed E-state index contributed by atoms with van der Waals surface area (Å²) in [4.78, 5) is 19.8. The summed E-state index contributed by atoms with van der Waals surface area (Å²) in [5.41, 5.74) is 5.98. The van der Waals surface area contributed by atoms with Gasteiger partial charge < -0.3 is 11.1 Å². The van der Waals surface area contributed by atoms with Crippen molar-refractivity contribution in [3.8, 4) is 0 Å². The number of carbonyl (C=O) groups excluding carboxylic acids is 1. The van der Waals surface area contributed by atoms with Crippen LogP contribution >= 0.6 is 0 Å². The molecule has 0 fully saturated rings. The van der Waals surface area contributed by atoms with Gasteiger partial charge in [-0.15, -0.1) is 0 Å². The number of aromatic nitrogens is 2. The van der Waals surface area contributed by atoms with E-state index in [2.05, 4.69) is 15.3 Å². The summed E-state index contributed by atoms with van der Waals surface area (Å²) >= 11 is 0. The molecule has 0 unspecified atom stereocenters. The number of hydrogen-bond donors (Lipinski definition) is 2. The fraction of sp³-hybridized carbons (Fsp3) is 0.154. The third-order valence-corrected chi connectivity index (χ3v) is 2.60. The molecule has 0 aliphatic rings. The number of hydrogen-bond acceptors (Lipinski definition) is 4. The van der Waals surface area contributed by atoms with E-state index in [1.54, 1.807) is 13.1 Å². The van der Waals surface area contributed by atoms with Gasteiger partial charge in [-0.05, 0) is 13.0 Å². The predicted molar refractivity (Wildman–Crippen MR) is 68.7 cm³/mol. The molecular formula is C13H12F2N4O. The van der Waals surface area contributed by atoms with Gasteiger partial charge in [0.15, 0.2) is 0 Å². The molecule has 0 atom stereocenters. The highest BCUT2D eigenvalue weighted by Crippen LogP contribution is 2.16. The average molecular weight is 278 g/mol. The van der Waals surface area contributed by atoms with Gasteiger partial charge in [-0.3, -0.25) is 14.8 Å². The van der Waals surface area contributed by atoms with Crippen LogP contribution in [0.15, 0.2) is 24.5 Å². The minimum atomic E-state index is -0.968. The number of aryl methyl sites for hydroxylation is 1. The molecule has 0 radical (unpaired) electrons. The first-order chi connectivity index (χ1) is 9.47. The summed E-state index contributed by atoms with van der Waals surface area (Å²) in [6, 6.07) is 1.54. The van der Waals surface area contributed by atoms with Gasteiger partial charge in [0.1, 0.15) is 11.6 Å². The number of halogens is 2. The van der Waals surface area contributed by atoms with Gasteiger partial charge in [-0.2, -0.15) is 0 Å². The molecule has 3 N–H and O–H groups in total. The highest BCUT2D eigenvalue weighted by Gasteiger charge is 2.14. The number of carbonyl (C=O) groups is 1. The summed E-state index contributed by atoms with van der Waals surface area (Å²) in [5, 5.41) is 2.46. The molecule has 0 aliphatic carbocycles. The number of nitrogens with zero attached hydrogens (tertiary/aromatic N) is 2. The van der Waals surface area contributed by atoms with Crippen LogP contribution in [0.3, 0.4) is 0 Å². The molecule has 0 saturated heterocycles. The van der Waals surface area contributed by atoms with Gasteiger partial charge in [0.05, 0.1) is 35.4 Å². The Balaban J connectivity index is 2.09. The standard InChI is InChI=1S/C13H12F2N4O/c1-7-4-18-8(5-17-7)6-19-13(20)9-2-12(16)11(15)3-10(9)14/h2-5H,6,16H2,1H3,(H,19,20). The Labute approximate surface area is 113 Å². The molecule has 0 bridgehead atoms. The van der Waals surface area contributed by atoms with E-state index in [0.29, 0.717) is 11.8 Å². The Morgan fingerprint density at radius 3 is 2.65 bits per heavy atom. The zero-order valence-corrected chi connectivity index (χ0v) is 10.7. The van der Waals surface area contributed by atoms with Crippen LogP contribution in [-0.4, -0.2) is 15.9 Å². The molecule has 2 aromatic rings. The first-order valence-electron chi connectivity index (χ1n) is 5.77. The molecule has 2 rings (SSSR count). The summed E-state index contributed by atoms with van der Waals surface area (Å²) in [5.74, 6) is -2.57. The first-order valence-corrected chi connectivity index (χ1v) is 5.77. The molecule has 1 amide bonds. The van der Waals surface area contributed by atoms with Gasteiger partial charge in [0.2, 0.25) is 0 Å². The van der Waals surface area contributed by atoms with Gasteiger partial charge >= 0.3 is 0 Å². The van der Waals surface area contributed by atoms with Crippen molar-refractivity contribution in [3.63, 3.8) is 0 Å². The minimum absolute atomic E-state index is 0.0861. The van der Waals surface area contributed by atoms with Crippen molar-refractivity contribution in [2.24, 2.45) is 0 Å². The maximum atomic E-state index is 13.5. The van der Waals surface area contributed by atoms with E-state index in [-0.39, 0.29) is 17.8 Å². The molecule has 5 nitrogen and oxygen atoms in total. The van der Waals surface area contributed by atoms with Gasteiger partial charge in [-0.1, -0.05) is 0 Å². The molecule has 20 heavy (non-hydrogen) atoms. The maximum Gasteiger partial charge on any atom is 0.254 e. The number of rotatable bonds is 3. The summed E-state index contributed by atoms with van der Waals surface area (Å²) in [6.07, 6.45) is 3.06. The first kappa shape index (κ1) is 13.9. The van der Waals surface area contributed by atoms with Crippen molar-refractivity contribution in [1.29, 1.82) is 0 Å². The largest absolute Gasteiger partial charge is 0.396 e. The highest BCUT2D eigenvalue weighted by molar-refractivity contribution is 5.95. The number of nitrogens with one attached hydrogen (secondary N) is 1. The SMILES string of the molecule is Cc1cnc(CNC(=O)c2cc(N)c(F)cc2F)cn1. The Bertz CT molecular complexity index is 644. The minimum Gasteiger partial charge on any atom is -0.396 e. The van der Waals surface area contributed by atoms with Gasteiger partial charge in [0, 0.05) is 12.3 Å². The number of nitrogens with two attached hydrogens (primary N) is 1. The van der Waals surface area contributed by atoms with Gasteiger partial charge in [-0.25, -0.2) is 8.78 Å². The lowest BCUT2D eigenvalue weighted by molar-refractivity contribution is 0.0946. The molecule has 0 saturated carbocycles. The summed E-state index contributed by atoms with van der Waals surface area (Å²) in [7, 11) is 0. The highest BCUT2D eigenvalue weighted by atomic mass is 19.1. The molecule has 1 aromatic heterocycles. The van der Waals surface area contributed by atoms with E-state index in [0.717, 1.165) is 11.8 Å². The smallest absolute Gasteiger partial charge is 0.254 e. The van der Waals surface area contributed by atoms with E-state index in [1.165, 1.54) is 6.20 Å². The second-order valence-corrected chi connectivity index (χ2v) is 4.19. The summed E-state index contributed by atoms with van der Waals surface area (Å²) in [6.45, 7) is 1.87. The van der Waals surface area contributed by atoms with E-state index >= 15 is 0 Å². The molecule has 1 aromatic carbocycles.